The highest BCUT2D eigenvalue weighted by Gasteiger charge is 2.18. The van der Waals surface area contributed by atoms with Crippen LogP contribution in [0.4, 0.5) is 11.4 Å². The van der Waals surface area contributed by atoms with Gasteiger partial charge >= 0.3 is 5.69 Å². The van der Waals surface area contributed by atoms with Gasteiger partial charge in [-0.3, -0.25) is 14.2 Å². The molecule has 2 N–H and O–H groups in total. The Morgan fingerprint density at radius 2 is 2.03 bits per heavy atom. The number of rotatable bonds is 5. The number of nitrogens with one attached hydrogen (secondary N) is 2. The van der Waals surface area contributed by atoms with Gasteiger partial charge < -0.3 is 15.1 Å². The lowest BCUT2D eigenvalue weighted by Crippen LogP contribution is -2.30. The summed E-state index contributed by atoms with van der Waals surface area (Å²) in [5.74, 6) is 0.0590. The summed E-state index contributed by atoms with van der Waals surface area (Å²) in [7, 11) is 0. The molecule has 0 atom stereocenters. The van der Waals surface area contributed by atoms with E-state index in [9.17, 15) is 14.4 Å². The molecule has 3 aromatic rings. The van der Waals surface area contributed by atoms with Crippen LogP contribution in [0.15, 0.2) is 45.8 Å². The molecule has 0 saturated carbocycles. The van der Waals surface area contributed by atoms with Crippen LogP contribution in [0.5, 0.6) is 0 Å². The molecule has 0 saturated heterocycles. The summed E-state index contributed by atoms with van der Waals surface area (Å²) in [4.78, 5) is 36.9. The largest absolute Gasteiger partial charge is 0.459 e. The summed E-state index contributed by atoms with van der Waals surface area (Å²) in [5, 5.41) is 9.89. The number of furan rings is 1. The van der Waals surface area contributed by atoms with Gasteiger partial charge in [-0.25, -0.2) is 9.48 Å². The van der Waals surface area contributed by atoms with Gasteiger partial charge in [0.25, 0.3) is 5.91 Å². The topological polar surface area (TPSA) is 111 Å². The average Bonchev–Trinajstić information content (AvgIpc) is 3.27. The van der Waals surface area contributed by atoms with Gasteiger partial charge in [-0.05, 0) is 43.2 Å². The number of aromatic nitrogens is 3. The molecule has 0 unspecified atom stereocenters. The van der Waals surface area contributed by atoms with Crippen molar-refractivity contribution in [3.8, 4) is 0 Å². The number of carbonyl (C=O) groups excluding carboxylic acids is 2. The highest BCUT2D eigenvalue weighted by Crippen LogP contribution is 2.26. The zero-order chi connectivity index (χ0) is 21.1. The molecule has 2 aromatic heterocycles. The lowest BCUT2D eigenvalue weighted by Gasteiger charge is -2.09. The molecule has 0 radical (unpaired) electrons. The van der Waals surface area contributed by atoms with Crippen LogP contribution in [0.25, 0.3) is 0 Å². The quantitative estimate of drug-likeness (QED) is 0.647. The molecule has 3 heterocycles. The van der Waals surface area contributed by atoms with Crippen molar-refractivity contribution < 1.29 is 14.0 Å². The summed E-state index contributed by atoms with van der Waals surface area (Å²) >= 11 is 6.22. The number of anilines is 2. The van der Waals surface area contributed by atoms with Gasteiger partial charge in [-0.2, -0.15) is 5.10 Å². The van der Waals surface area contributed by atoms with Gasteiger partial charge in [-0.15, -0.1) is 0 Å². The third-order valence-corrected chi connectivity index (χ3v) is 5.13. The maximum Gasteiger partial charge on any atom is 0.346 e. The van der Waals surface area contributed by atoms with Crippen molar-refractivity contribution in [3.05, 3.63) is 63.7 Å². The van der Waals surface area contributed by atoms with Crippen molar-refractivity contribution >= 4 is 34.8 Å². The summed E-state index contributed by atoms with van der Waals surface area (Å²) in [6.45, 7) is 0.448. The first kappa shape index (κ1) is 20.0. The summed E-state index contributed by atoms with van der Waals surface area (Å²) < 4.78 is 7.88. The van der Waals surface area contributed by atoms with Crippen molar-refractivity contribution in [2.75, 3.05) is 10.6 Å². The molecule has 1 aliphatic rings. The Morgan fingerprint density at radius 1 is 1.17 bits per heavy atom. The molecular weight excluding hydrogens is 410 g/mol. The first-order valence-corrected chi connectivity index (χ1v) is 10.00. The Bertz CT molecular complexity index is 1130. The van der Waals surface area contributed by atoms with E-state index in [0.29, 0.717) is 17.9 Å². The number of hydrogen-bond donors (Lipinski definition) is 2. The average molecular weight is 430 g/mol. The minimum absolute atomic E-state index is 0.160. The van der Waals surface area contributed by atoms with Crippen LogP contribution < -0.4 is 16.3 Å². The molecule has 10 heteroatoms. The predicted octanol–water partition coefficient (Wildman–Crippen LogP) is 2.91. The van der Waals surface area contributed by atoms with Gasteiger partial charge in [0.2, 0.25) is 5.91 Å². The molecule has 0 fully saturated rings. The second-order valence-electron chi connectivity index (χ2n) is 6.99. The van der Waals surface area contributed by atoms with E-state index in [-0.39, 0.29) is 23.0 Å². The lowest BCUT2D eigenvalue weighted by atomic mass is 10.2. The fraction of sp³-hybridized carbons (Fsp3) is 0.300. The summed E-state index contributed by atoms with van der Waals surface area (Å²) in [6.07, 6.45) is 5.14. The summed E-state index contributed by atoms with van der Waals surface area (Å²) in [6, 6.07) is 7.84. The second kappa shape index (κ2) is 8.58. The third-order valence-electron chi connectivity index (χ3n) is 4.82. The zero-order valence-electron chi connectivity index (χ0n) is 16.1. The predicted molar refractivity (Wildman–Crippen MR) is 111 cm³/mol. The second-order valence-corrected chi connectivity index (χ2v) is 7.40. The molecule has 4 rings (SSSR count). The minimum atomic E-state index is -0.433. The van der Waals surface area contributed by atoms with Crippen LogP contribution >= 0.6 is 11.6 Å². The first-order valence-electron chi connectivity index (χ1n) is 9.62. The van der Waals surface area contributed by atoms with Gasteiger partial charge in [0, 0.05) is 18.7 Å². The molecule has 0 aliphatic carbocycles. The molecule has 0 spiro atoms. The monoisotopic (exact) mass is 429 g/mol. The third kappa shape index (κ3) is 4.30. The number of nitrogens with zero attached hydrogens (tertiary/aromatic N) is 3. The van der Waals surface area contributed by atoms with E-state index in [1.54, 1.807) is 22.8 Å². The zero-order valence-corrected chi connectivity index (χ0v) is 16.8. The fourth-order valence-electron chi connectivity index (χ4n) is 3.35. The Hall–Kier alpha value is -3.33. The molecule has 9 nitrogen and oxygen atoms in total. The molecule has 156 valence electrons. The van der Waals surface area contributed by atoms with E-state index in [2.05, 4.69) is 15.7 Å². The van der Waals surface area contributed by atoms with E-state index in [0.717, 1.165) is 31.5 Å². The van der Waals surface area contributed by atoms with Crippen molar-refractivity contribution in [2.24, 2.45) is 0 Å². The SMILES string of the molecule is O=C(Cn1nc2n(c1=O)CCCCC2)Nc1ccc(NC(=O)c2ccco2)c(Cl)c1. The standard InChI is InChI=1S/C20H20ClN5O4/c21-14-11-13(7-8-15(14)23-19(28)16-5-4-10-30-16)22-18(27)12-26-20(29)25-9-3-1-2-6-17(25)24-26/h4-5,7-8,10-11H,1-3,6,9,12H2,(H,22,27)(H,23,28). The van der Waals surface area contributed by atoms with E-state index in [1.807, 2.05) is 0 Å². The normalized spacial score (nSPS) is 13.4. The smallest absolute Gasteiger partial charge is 0.346 e. The van der Waals surface area contributed by atoms with Crippen molar-refractivity contribution in [3.63, 3.8) is 0 Å². The van der Waals surface area contributed by atoms with E-state index < -0.39 is 11.8 Å². The number of hydrogen-bond acceptors (Lipinski definition) is 5. The van der Waals surface area contributed by atoms with Gasteiger partial charge in [0.05, 0.1) is 17.0 Å². The van der Waals surface area contributed by atoms with Gasteiger partial charge in [0.15, 0.2) is 5.76 Å². The van der Waals surface area contributed by atoms with Crippen molar-refractivity contribution in [1.82, 2.24) is 14.3 Å². The van der Waals surface area contributed by atoms with E-state index >= 15 is 0 Å². The van der Waals surface area contributed by atoms with Crippen LogP contribution in [0.3, 0.4) is 0 Å². The molecule has 0 bridgehead atoms. The van der Waals surface area contributed by atoms with E-state index in [1.165, 1.54) is 23.1 Å². The van der Waals surface area contributed by atoms with Crippen LogP contribution in [0.1, 0.15) is 35.6 Å². The number of amides is 2. The maximum absolute atomic E-state index is 12.5. The number of aryl methyl sites for hydroxylation is 1. The van der Waals surface area contributed by atoms with Gasteiger partial charge in [-0.1, -0.05) is 18.0 Å². The Morgan fingerprint density at radius 3 is 2.80 bits per heavy atom. The number of benzene rings is 1. The summed E-state index contributed by atoms with van der Waals surface area (Å²) in [5.41, 5.74) is 0.552. The Kier molecular flexibility index (Phi) is 5.71. The molecule has 30 heavy (non-hydrogen) atoms. The van der Waals surface area contributed by atoms with Crippen molar-refractivity contribution in [2.45, 2.75) is 38.8 Å². The highest BCUT2D eigenvalue weighted by molar-refractivity contribution is 6.34. The number of fused-ring (bicyclic) bond motifs is 1. The molecular formula is C20H20ClN5O4. The number of halogens is 1. The van der Waals surface area contributed by atoms with Gasteiger partial charge in [0.1, 0.15) is 12.4 Å². The molecule has 2 amide bonds. The maximum atomic E-state index is 12.5. The highest BCUT2D eigenvalue weighted by atomic mass is 35.5. The van der Waals surface area contributed by atoms with Crippen LogP contribution in [0.2, 0.25) is 5.02 Å². The number of carbonyl (C=O) groups is 2. The Balaban J connectivity index is 1.41. The molecule has 1 aliphatic heterocycles. The van der Waals surface area contributed by atoms with Crippen LogP contribution in [-0.4, -0.2) is 26.2 Å². The fourth-order valence-corrected chi connectivity index (χ4v) is 3.58. The Labute approximate surface area is 176 Å². The molecule has 1 aromatic carbocycles. The van der Waals surface area contributed by atoms with Crippen LogP contribution in [-0.2, 0) is 24.3 Å². The van der Waals surface area contributed by atoms with Crippen LogP contribution in [0, 0.1) is 0 Å². The van der Waals surface area contributed by atoms with E-state index in [4.69, 9.17) is 16.0 Å². The lowest BCUT2D eigenvalue weighted by molar-refractivity contribution is -0.117. The van der Waals surface area contributed by atoms with Crippen molar-refractivity contribution in [1.29, 1.82) is 0 Å². The first-order chi connectivity index (χ1) is 14.5. The minimum Gasteiger partial charge on any atom is -0.459 e.